The van der Waals surface area contributed by atoms with Gasteiger partial charge in [-0.3, -0.25) is 4.90 Å². The molecule has 1 aromatic carbocycles. The first-order valence-corrected chi connectivity index (χ1v) is 9.44. The number of aliphatic hydroxyl groups is 1. The van der Waals surface area contributed by atoms with Crippen molar-refractivity contribution in [2.24, 2.45) is 0 Å². The number of carboxylic acid groups (broad SMARTS) is 1. The van der Waals surface area contributed by atoms with Gasteiger partial charge in [-0.1, -0.05) is 30.3 Å². The quantitative estimate of drug-likeness (QED) is 0.792. The van der Waals surface area contributed by atoms with Gasteiger partial charge in [0.1, 0.15) is 12.2 Å². The Morgan fingerprint density at radius 3 is 2.60 bits per heavy atom. The summed E-state index contributed by atoms with van der Waals surface area (Å²) >= 11 is 1.55. The number of carbonyl (C=O) groups is 1. The molecule has 2 unspecified atom stereocenters. The lowest BCUT2D eigenvalue weighted by molar-refractivity contribution is -0.252. The number of carbonyl (C=O) groups excluding carboxylic acids is 1. The highest BCUT2D eigenvalue weighted by Gasteiger charge is 2.23. The van der Waals surface area contributed by atoms with Crippen LogP contribution in [0.25, 0.3) is 0 Å². The SMILES string of the molecule is O=C([O-])NC(Cc1ccccc1)C(O)c1ccc(CN2CCCC2)s1. The van der Waals surface area contributed by atoms with Gasteiger partial charge in [0.15, 0.2) is 0 Å². The normalized spacial score (nSPS) is 17.3. The minimum atomic E-state index is -1.37. The zero-order chi connectivity index (χ0) is 17.6. The number of hydrogen-bond acceptors (Lipinski definition) is 5. The van der Waals surface area contributed by atoms with Gasteiger partial charge in [-0.05, 0) is 50.0 Å². The molecule has 1 aromatic heterocycles. The van der Waals surface area contributed by atoms with E-state index >= 15 is 0 Å². The van der Waals surface area contributed by atoms with E-state index in [1.807, 2.05) is 42.5 Å². The van der Waals surface area contributed by atoms with E-state index in [0.717, 1.165) is 30.1 Å². The summed E-state index contributed by atoms with van der Waals surface area (Å²) in [5.41, 5.74) is 0.967. The summed E-state index contributed by atoms with van der Waals surface area (Å²) in [6, 6.07) is 12.8. The molecule has 2 atom stereocenters. The van der Waals surface area contributed by atoms with Crippen LogP contribution >= 0.6 is 11.3 Å². The van der Waals surface area contributed by atoms with Crippen molar-refractivity contribution in [1.82, 2.24) is 10.2 Å². The Hall–Kier alpha value is -1.89. The van der Waals surface area contributed by atoms with E-state index in [-0.39, 0.29) is 0 Å². The zero-order valence-corrected chi connectivity index (χ0v) is 14.9. The summed E-state index contributed by atoms with van der Waals surface area (Å²) in [5.74, 6) is 0. The molecule has 3 rings (SSSR count). The molecule has 1 saturated heterocycles. The number of nitrogens with one attached hydrogen (secondary N) is 1. The average molecular weight is 359 g/mol. The Morgan fingerprint density at radius 2 is 1.92 bits per heavy atom. The van der Waals surface area contributed by atoms with Gasteiger partial charge in [0.2, 0.25) is 0 Å². The molecular formula is C19H23N2O3S-. The molecule has 0 saturated carbocycles. The topological polar surface area (TPSA) is 75.6 Å². The molecule has 5 nitrogen and oxygen atoms in total. The summed E-state index contributed by atoms with van der Waals surface area (Å²) in [6.07, 6.45) is 0.643. The fourth-order valence-corrected chi connectivity index (χ4v) is 4.37. The lowest BCUT2D eigenvalue weighted by atomic mass is 10.0. The van der Waals surface area contributed by atoms with E-state index in [2.05, 4.69) is 10.2 Å². The molecule has 1 aliphatic heterocycles. The molecule has 2 N–H and O–H groups in total. The summed E-state index contributed by atoms with van der Waals surface area (Å²) in [7, 11) is 0. The molecule has 1 amide bonds. The minimum absolute atomic E-state index is 0.412. The Kier molecular flexibility index (Phi) is 6.07. The zero-order valence-electron chi connectivity index (χ0n) is 14.1. The van der Waals surface area contributed by atoms with Crippen molar-refractivity contribution in [3.05, 3.63) is 57.8 Å². The lowest BCUT2D eigenvalue weighted by Gasteiger charge is -2.25. The van der Waals surface area contributed by atoms with Gasteiger partial charge < -0.3 is 20.3 Å². The van der Waals surface area contributed by atoms with Crippen LogP contribution in [0.2, 0.25) is 0 Å². The molecule has 0 bridgehead atoms. The second-order valence-electron chi connectivity index (χ2n) is 6.46. The first-order chi connectivity index (χ1) is 12.1. The summed E-state index contributed by atoms with van der Waals surface area (Å²) in [5, 5.41) is 24.1. The summed E-state index contributed by atoms with van der Waals surface area (Å²) < 4.78 is 0. The number of nitrogens with zero attached hydrogens (tertiary/aromatic N) is 1. The van der Waals surface area contributed by atoms with Crippen LogP contribution in [0.3, 0.4) is 0 Å². The lowest BCUT2D eigenvalue weighted by Crippen LogP contribution is -2.47. The smallest absolute Gasteiger partial charge is 0.134 e. The largest absolute Gasteiger partial charge is 0.530 e. The fraction of sp³-hybridized carbons (Fsp3) is 0.421. The van der Waals surface area contributed by atoms with Gasteiger partial charge in [0.05, 0.1) is 6.04 Å². The Balaban J connectivity index is 1.69. The van der Waals surface area contributed by atoms with Crippen LogP contribution in [0.4, 0.5) is 4.79 Å². The highest BCUT2D eigenvalue weighted by atomic mass is 32.1. The number of amides is 1. The van der Waals surface area contributed by atoms with Gasteiger partial charge in [-0.15, -0.1) is 11.3 Å². The number of aliphatic hydroxyl groups excluding tert-OH is 1. The molecule has 0 radical (unpaired) electrons. The van der Waals surface area contributed by atoms with Gasteiger partial charge in [-0.2, -0.15) is 0 Å². The van der Waals surface area contributed by atoms with Crippen molar-refractivity contribution in [2.75, 3.05) is 13.1 Å². The van der Waals surface area contributed by atoms with Gasteiger partial charge >= 0.3 is 0 Å². The Bertz CT molecular complexity index is 683. The number of likely N-dealkylation sites (tertiary alicyclic amines) is 1. The highest BCUT2D eigenvalue weighted by Crippen LogP contribution is 2.28. The first-order valence-electron chi connectivity index (χ1n) is 8.62. The van der Waals surface area contributed by atoms with E-state index in [1.54, 1.807) is 11.3 Å². The van der Waals surface area contributed by atoms with Gasteiger partial charge in [-0.25, -0.2) is 0 Å². The summed E-state index contributed by atoms with van der Waals surface area (Å²) in [4.78, 5) is 15.4. The van der Waals surface area contributed by atoms with E-state index < -0.39 is 18.2 Å². The number of thiophene rings is 1. The van der Waals surface area contributed by atoms with Crippen LogP contribution < -0.4 is 10.4 Å². The van der Waals surface area contributed by atoms with E-state index in [1.165, 1.54) is 17.7 Å². The second kappa shape index (κ2) is 8.47. The number of hydrogen-bond donors (Lipinski definition) is 2. The minimum Gasteiger partial charge on any atom is -0.530 e. The molecule has 2 aromatic rings. The molecule has 6 heteroatoms. The van der Waals surface area contributed by atoms with Crippen LogP contribution in [0, 0.1) is 0 Å². The van der Waals surface area contributed by atoms with Crippen molar-refractivity contribution in [2.45, 2.75) is 38.0 Å². The Labute approximate surface area is 151 Å². The van der Waals surface area contributed by atoms with Crippen molar-refractivity contribution in [3.8, 4) is 0 Å². The Morgan fingerprint density at radius 1 is 1.20 bits per heavy atom. The monoisotopic (exact) mass is 359 g/mol. The molecule has 134 valence electrons. The van der Waals surface area contributed by atoms with Crippen LogP contribution in [0.1, 0.15) is 34.3 Å². The van der Waals surface area contributed by atoms with Crippen molar-refractivity contribution in [1.29, 1.82) is 0 Å². The van der Waals surface area contributed by atoms with E-state index in [0.29, 0.717) is 6.42 Å². The van der Waals surface area contributed by atoms with Crippen molar-refractivity contribution in [3.63, 3.8) is 0 Å². The third kappa shape index (κ3) is 5.04. The molecule has 0 aliphatic carbocycles. The standard InChI is InChI=1S/C19H24N2O3S/c22-18(16(20-19(23)24)12-14-6-2-1-3-7-14)17-9-8-15(25-17)13-21-10-4-5-11-21/h1-3,6-9,16,18,20,22H,4-5,10-13H2,(H,23,24)/p-1. The molecule has 0 spiro atoms. The predicted octanol–water partition coefficient (Wildman–Crippen LogP) is 1.92. The maximum atomic E-state index is 11.0. The van der Waals surface area contributed by atoms with Crippen LogP contribution in [0.15, 0.2) is 42.5 Å². The maximum Gasteiger partial charge on any atom is 0.134 e. The van der Waals surface area contributed by atoms with Crippen LogP contribution in [-0.4, -0.2) is 35.2 Å². The molecule has 1 fully saturated rings. The summed E-state index contributed by atoms with van der Waals surface area (Å²) in [6.45, 7) is 3.14. The highest BCUT2D eigenvalue weighted by molar-refractivity contribution is 7.12. The van der Waals surface area contributed by atoms with Crippen molar-refractivity contribution < 1.29 is 15.0 Å². The third-order valence-corrected chi connectivity index (χ3v) is 5.68. The number of benzene rings is 1. The first kappa shape index (κ1) is 17.9. The maximum absolute atomic E-state index is 11.0. The third-order valence-electron chi connectivity index (χ3n) is 4.53. The fourth-order valence-electron chi connectivity index (χ4n) is 3.26. The van der Waals surface area contributed by atoms with Gasteiger partial charge in [0.25, 0.3) is 0 Å². The molecule has 25 heavy (non-hydrogen) atoms. The van der Waals surface area contributed by atoms with Crippen molar-refractivity contribution >= 4 is 17.4 Å². The molecule has 1 aliphatic rings. The van der Waals surface area contributed by atoms with Gasteiger partial charge in [0, 0.05) is 16.3 Å². The van der Waals surface area contributed by atoms with Crippen LogP contribution in [0.5, 0.6) is 0 Å². The second-order valence-corrected chi connectivity index (χ2v) is 7.66. The molecular weight excluding hydrogens is 336 g/mol. The van der Waals surface area contributed by atoms with E-state index in [9.17, 15) is 15.0 Å². The molecule has 2 heterocycles. The van der Waals surface area contributed by atoms with E-state index in [4.69, 9.17) is 0 Å². The number of rotatable bonds is 7. The average Bonchev–Trinajstić information content (AvgIpc) is 3.26. The predicted molar refractivity (Wildman–Crippen MR) is 96.3 cm³/mol. The van der Waals surface area contributed by atoms with Crippen LogP contribution in [-0.2, 0) is 13.0 Å².